The molecule has 1 aliphatic heterocycles. The molecule has 1 aliphatic rings. The molecule has 1 aromatic carbocycles. The molecule has 2 aromatic rings. The third-order valence-corrected chi connectivity index (χ3v) is 4.64. The number of benzene rings is 1. The lowest BCUT2D eigenvalue weighted by Gasteiger charge is -2.13. The number of nitrogens with two attached hydrogens (primary N) is 1. The van der Waals surface area contributed by atoms with Crippen LogP contribution in [0.25, 0.3) is 11.8 Å². The van der Waals surface area contributed by atoms with Crippen molar-refractivity contribution in [1.29, 1.82) is 0 Å². The highest BCUT2D eigenvalue weighted by Crippen LogP contribution is 2.20. The van der Waals surface area contributed by atoms with Crippen LogP contribution in [0.4, 0.5) is 0 Å². The van der Waals surface area contributed by atoms with Crippen LogP contribution in [-0.4, -0.2) is 39.6 Å². The van der Waals surface area contributed by atoms with Gasteiger partial charge in [0.1, 0.15) is 0 Å². The summed E-state index contributed by atoms with van der Waals surface area (Å²) in [4.78, 5) is 25.2. The molecule has 0 saturated carbocycles. The zero-order valence-electron chi connectivity index (χ0n) is 14.5. The van der Waals surface area contributed by atoms with E-state index in [9.17, 15) is 9.59 Å². The predicted octanol–water partition coefficient (Wildman–Crippen LogP) is 1.84. The fourth-order valence-electron chi connectivity index (χ4n) is 3.17. The average Bonchev–Trinajstić information content (AvgIpc) is 3.20. The van der Waals surface area contributed by atoms with Gasteiger partial charge in [-0.3, -0.25) is 9.59 Å². The van der Waals surface area contributed by atoms with Crippen LogP contribution in [-0.2, 0) is 9.59 Å². The molecule has 0 unspecified atom stereocenters. The van der Waals surface area contributed by atoms with Crippen molar-refractivity contribution in [3.8, 4) is 5.69 Å². The van der Waals surface area contributed by atoms with Gasteiger partial charge in [-0.25, -0.2) is 4.68 Å². The van der Waals surface area contributed by atoms with E-state index in [1.807, 2.05) is 48.9 Å². The Labute approximate surface area is 146 Å². The normalized spacial score (nSPS) is 17.4. The highest BCUT2D eigenvalue weighted by atomic mass is 16.2. The summed E-state index contributed by atoms with van der Waals surface area (Å²) in [7, 11) is 0. The highest BCUT2D eigenvalue weighted by Gasteiger charge is 2.28. The number of likely N-dealkylation sites (tertiary alicyclic amines) is 1. The molecule has 130 valence electrons. The van der Waals surface area contributed by atoms with Crippen LogP contribution in [0.1, 0.15) is 23.4 Å². The Hall–Kier alpha value is -2.89. The van der Waals surface area contributed by atoms with E-state index in [0.29, 0.717) is 19.5 Å². The molecule has 2 N–H and O–H groups in total. The van der Waals surface area contributed by atoms with Crippen LogP contribution in [0.3, 0.4) is 0 Å². The maximum absolute atomic E-state index is 12.3. The number of primary amides is 1. The van der Waals surface area contributed by atoms with Crippen LogP contribution in [0.5, 0.6) is 0 Å². The SMILES string of the molecule is Cc1nn(-c2ccccc2)c(C)c1/C=C/C(=O)N1CC[C@@H](C(N)=O)C1. The second-order valence-corrected chi connectivity index (χ2v) is 6.34. The molecule has 25 heavy (non-hydrogen) atoms. The zero-order valence-corrected chi connectivity index (χ0v) is 14.5. The minimum Gasteiger partial charge on any atom is -0.369 e. The van der Waals surface area contributed by atoms with Crippen LogP contribution < -0.4 is 5.73 Å². The smallest absolute Gasteiger partial charge is 0.246 e. The predicted molar refractivity (Wildman–Crippen MR) is 96.0 cm³/mol. The molecule has 6 nitrogen and oxygen atoms in total. The number of hydrogen-bond acceptors (Lipinski definition) is 3. The first-order chi connectivity index (χ1) is 12.0. The number of hydrogen-bond donors (Lipinski definition) is 1. The molecule has 0 aliphatic carbocycles. The molecule has 2 heterocycles. The van der Waals surface area contributed by atoms with Crippen molar-refractivity contribution in [3.63, 3.8) is 0 Å². The van der Waals surface area contributed by atoms with Gasteiger partial charge in [-0.2, -0.15) is 5.10 Å². The quantitative estimate of drug-likeness (QED) is 0.864. The number of para-hydroxylation sites is 1. The van der Waals surface area contributed by atoms with Gasteiger partial charge < -0.3 is 10.6 Å². The molecule has 0 bridgehead atoms. The van der Waals surface area contributed by atoms with E-state index in [4.69, 9.17) is 5.73 Å². The summed E-state index contributed by atoms with van der Waals surface area (Å²) in [5, 5.41) is 4.57. The minimum absolute atomic E-state index is 0.102. The van der Waals surface area contributed by atoms with Crippen LogP contribution >= 0.6 is 0 Å². The average molecular weight is 338 g/mol. The molecule has 0 radical (unpaired) electrons. The lowest BCUT2D eigenvalue weighted by atomic mass is 10.1. The summed E-state index contributed by atoms with van der Waals surface area (Å²) in [6.07, 6.45) is 3.99. The van der Waals surface area contributed by atoms with Crippen LogP contribution in [0.2, 0.25) is 0 Å². The fourth-order valence-corrected chi connectivity index (χ4v) is 3.17. The molecular formula is C19H22N4O2. The van der Waals surface area contributed by atoms with E-state index in [0.717, 1.165) is 22.6 Å². The van der Waals surface area contributed by atoms with Crippen molar-refractivity contribution < 1.29 is 9.59 Å². The molecule has 1 aromatic heterocycles. The van der Waals surface area contributed by atoms with Gasteiger partial charge in [-0.1, -0.05) is 18.2 Å². The van der Waals surface area contributed by atoms with Crippen molar-refractivity contribution in [2.24, 2.45) is 11.7 Å². The van der Waals surface area contributed by atoms with Crippen LogP contribution in [0, 0.1) is 19.8 Å². The van der Waals surface area contributed by atoms with E-state index < -0.39 is 0 Å². The first-order valence-corrected chi connectivity index (χ1v) is 8.35. The number of nitrogens with zero attached hydrogens (tertiary/aromatic N) is 3. The Kier molecular flexibility index (Phi) is 4.70. The maximum atomic E-state index is 12.3. The summed E-state index contributed by atoms with van der Waals surface area (Å²) in [6.45, 7) is 4.88. The molecule has 1 fully saturated rings. The molecule has 2 amide bonds. The Morgan fingerprint density at radius 3 is 2.60 bits per heavy atom. The number of carbonyl (C=O) groups is 2. The molecule has 3 rings (SSSR count). The monoisotopic (exact) mass is 338 g/mol. The van der Waals surface area contributed by atoms with Gasteiger partial charge >= 0.3 is 0 Å². The van der Waals surface area contributed by atoms with Crippen molar-refractivity contribution in [2.45, 2.75) is 20.3 Å². The minimum atomic E-state index is -0.338. The number of carbonyl (C=O) groups excluding carboxylic acids is 2. The lowest BCUT2D eigenvalue weighted by molar-refractivity contribution is -0.125. The Bertz CT molecular complexity index is 823. The zero-order chi connectivity index (χ0) is 18.0. The van der Waals surface area contributed by atoms with Gasteiger partial charge in [0.2, 0.25) is 11.8 Å². The first kappa shape index (κ1) is 17.0. The third-order valence-electron chi connectivity index (χ3n) is 4.64. The summed E-state index contributed by atoms with van der Waals surface area (Å²) in [5.41, 5.74) is 9.07. The third kappa shape index (κ3) is 3.47. The highest BCUT2D eigenvalue weighted by molar-refractivity contribution is 5.93. The maximum Gasteiger partial charge on any atom is 0.246 e. The van der Waals surface area contributed by atoms with Crippen molar-refractivity contribution in [3.05, 3.63) is 53.4 Å². The molecule has 1 atom stereocenters. The lowest BCUT2D eigenvalue weighted by Crippen LogP contribution is -2.30. The van der Waals surface area contributed by atoms with Gasteiger partial charge in [0.25, 0.3) is 0 Å². The van der Waals surface area contributed by atoms with Gasteiger partial charge in [0.15, 0.2) is 0 Å². The molecule has 0 spiro atoms. The molecule has 6 heteroatoms. The van der Waals surface area contributed by atoms with Crippen molar-refractivity contribution >= 4 is 17.9 Å². The topological polar surface area (TPSA) is 81.2 Å². The van der Waals surface area contributed by atoms with E-state index in [-0.39, 0.29) is 17.7 Å². The van der Waals surface area contributed by atoms with Crippen LogP contribution in [0.15, 0.2) is 36.4 Å². The fraction of sp³-hybridized carbons (Fsp3) is 0.316. The first-order valence-electron chi connectivity index (χ1n) is 8.35. The number of rotatable bonds is 4. The standard InChI is InChI=1S/C19H22N4O2/c1-13-17(14(2)23(21-13)16-6-4-3-5-7-16)8-9-18(24)22-11-10-15(12-22)19(20)25/h3-9,15H,10-12H2,1-2H3,(H2,20,25)/b9-8+/t15-/m1/s1. The Balaban J connectivity index is 1.77. The summed E-state index contributed by atoms with van der Waals surface area (Å²) in [5.74, 6) is -0.674. The second kappa shape index (κ2) is 6.93. The Morgan fingerprint density at radius 2 is 1.96 bits per heavy atom. The van der Waals surface area contributed by atoms with Gasteiger partial charge in [-0.05, 0) is 38.5 Å². The van der Waals surface area contributed by atoms with E-state index >= 15 is 0 Å². The molecule has 1 saturated heterocycles. The largest absolute Gasteiger partial charge is 0.369 e. The second-order valence-electron chi connectivity index (χ2n) is 6.34. The van der Waals surface area contributed by atoms with Crippen molar-refractivity contribution in [1.82, 2.24) is 14.7 Å². The summed E-state index contributed by atoms with van der Waals surface area (Å²) >= 11 is 0. The van der Waals surface area contributed by atoms with E-state index in [1.54, 1.807) is 17.1 Å². The summed E-state index contributed by atoms with van der Waals surface area (Å²) in [6, 6.07) is 9.88. The van der Waals surface area contributed by atoms with Gasteiger partial charge in [0.05, 0.1) is 17.3 Å². The number of aromatic nitrogens is 2. The summed E-state index contributed by atoms with van der Waals surface area (Å²) < 4.78 is 1.87. The number of amides is 2. The molecular weight excluding hydrogens is 316 g/mol. The van der Waals surface area contributed by atoms with E-state index in [2.05, 4.69) is 5.10 Å². The van der Waals surface area contributed by atoms with Crippen molar-refractivity contribution in [2.75, 3.05) is 13.1 Å². The van der Waals surface area contributed by atoms with Gasteiger partial charge in [-0.15, -0.1) is 0 Å². The Morgan fingerprint density at radius 1 is 1.24 bits per heavy atom. The number of aryl methyl sites for hydroxylation is 1. The van der Waals surface area contributed by atoms with E-state index in [1.165, 1.54) is 0 Å². The van der Waals surface area contributed by atoms with Gasteiger partial charge in [0, 0.05) is 30.4 Å².